The number of benzene rings is 2. The van der Waals surface area contributed by atoms with E-state index in [0.717, 1.165) is 0 Å². The van der Waals surface area contributed by atoms with Crippen LogP contribution in [0.25, 0.3) is 0 Å². The van der Waals surface area contributed by atoms with Crippen LogP contribution in [0.4, 0.5) is 5.69 Å². The van der Waals surface area contributed by atoms with Crippen molar-refractivity contribution < 1.29 is 14.3 Å². The predicted octanol–water partition coefficient (Wildman–Crippen LogP) is 5.31. The summed E-state index contributed by atoms with van der Waals surface area (Å²) in [5.74, 6) is 0.172. The van der Waals surface area contributed by atoms with E-state index in [1.54, 1.807) is 36.4 Å². The summed E-state index contributed by atoms with van der Waals surface area (Å²) in [7, 11) is 1.33. The van der Waals surface area contributed by atoms with E-state index in [1.165, 1.54) is 7.11 Å². The van der Waals surface area contributed by atoms with Crippen LogP contribution in [0.1, 0.15) is 16.8 Å². The number of para-hydroxylation sites is 1. The number of halogens is 3. The molecule has 0 atom stereocenters. The van der Waals surface area contributed by atoms with Gasteiger partial charge in [0.15, 0.2) is 0 Å². The van der Waals surface area contributed by atoms with Gasteiger partial charge < -0.3 is 14.8 Å². The maximum atomic E-state index is 11.8. The molecule has 2 rings (SSSR count). The van der Waals surface area contributed by atoms with E-state index in [4.69, 9.17) is 44.3 Å². The fourth-order valence-corrected chi connectivity index (χ4v) is 2.82. The molecule has 1 N–H and O–H groups in total. The minimum atomic E-state index is -0.440. The number of hydrogen-bond donors (Lipinski definition) is 1. The Morgan fingerprint density at radius 2 is 1.83 bits per heavy atom. The highest BCUT2D eigenvalue weighted by molar-refractivity contribution is 6.35. The molecule has 0 aliphatic carbocycles. The van der Waals surface area contributed by atoms with Crippen LogP contribution in [0.5, 0.6) is 5.75 Å². The molecule has 24 heavy (non-hydrogen) atoms. The van der Waals surface area contributed by atoms with Gasteiger partial charge in [0.2, 0.25) is 0 Å². The molecule has 2 aromatic carbocycles. The zero-order chi connectivity index (χ0) is 17.5. The third kappa shape index (κ3) is 5.20. The fourth-order valence-electron chi connectivity index (χ4n) is 2.07. The highest BCUT2D eigenvalue weighted by atomic mass is 35.5. The van der Waals surface area contributed by atoms with Gasteiger partial charge in [0, 0.05) is 16.6 Å². The summed E-state index contributed by atoms with van der Waals surface area (Å²) in [6.07, 6.45) is 0.690. The van der Waals surface area contributed by atoms with Crippen molar-refractivity contribution in [3.05, 3.63) is 57.0 Å². The van der Waals surface area contributed by atoms with Gasteiger partial charge >= 0.3 is 5.97 Å². The lowest BCUT2D eigenvalue weighted by Gasteiger charge is -2.13. The predicted molar refractivity (Wildman–Crippen MR) is 97.9 cm³/mol. The second-order valence-corrected chi connectivity index (χ2v) is 6.17. The lowest BCUT2D eigenvalue weighted by molar-refractivity contribution is 0.0602. The number of hydrogen-bond acceptors (Lipinski definition) is 4. The van der Waals surface area contributed by atoms with E-state index in [1.807, 2.05) is 0 Å². The monoisotopic (exact) mass is 387 g/mol. The van der Waals surface area contributed by atoms with Gasteiger partial charge in [-0.15, -0.1) is 0 Å². The molecule has 2 aromatic rings. The highest BCUT2D eigenvalue weighted by Crippen LogP contribution is 2.27. The molecular weight excluding hydrogens is 373 g/mol. The zero-order valence-corrected chi connectivity index (χ0v) is 15.2. The van der Waals surface area contributed by atoms with Crippen molar-refractivity contribution in [1.29, 1.82) is 0 Å². The number of carbonyl (C=O) groups excluding carboxylic acids is 1. The summed E-state index contributed by atoms with van der Waals surface area (Å²) in [6.45, 7) is 1.03. The Kier molecular flexibility index (Phi) is 7.03. The SMILES string of the molecule is COC(=O)c1cccc(Cl)c1NCCCOc1cc(Cl)cc(Cl)c1. The number of nitrogens with one attached hydrogen (secondary N) is 1. The molecule has 0 amide bonds. The van der Waals surface area contributed by atoms with Crippen LogP contribution in [0, 0.1) is 0 Å². The number of anilines is 1. The summed E-state index contributed by atoms with van der Waals surface area (Å²) >= 11 is 18.0. The number of esters is 1. The largest absolute Gasteiger partial charge is 0.493 e. The second kappa shape index (κ2) is 9.02. The van der Waals surface area contributed by atoms with Gasteiger partial charge in [0.05, 0.1) is 30.0 Å². The molecule has 4 nitrogen and oxygen atoms in total. The fraction of sp³-hybridized carbons (Fsp3) is 0.235. The first-order valence-electron chi connectivity index (χ1n) is 7.21. The average Bonchev–Trinajstić information content (AvgIpc) is 2.54. The van der Waals surface area contributed by atoms with Crippen molar-refractivity contribution >= 4 is 46.5 Å². The van der Waals surface area contributed by atoms with E-state index in [0.29, 0.717) is 51.6 Å². The Balaban J connectivity index is 1.87. The summed E-state index contributed by atoms with van der Waals surface area (Å²) in [5, 5.41) is 4.64. The molecule has 0 unspecified atom stereocenters. The standard InChI is InChI=1S/C17H16Cl3NO3/c1-23-17(22)14-4-2-5-15(20)16(14)21-6-3-7-24-13-9-11(18)8-12(19)10-13/h2,4-5,8-10,21H,3,6-7H2,1H3. The average molecular weight is 389 g/mol. The van der Waals surface area contributed by atoms with Crippen LogP contribution >= 0.6 is 34.8 Å². The first-order chi connectivity index (χ1) is 11.5. The van der Waals surface area contributed by atoms with Gasteiger partial charge in [0.25, 0.3) is 0 Å². The van der Waals surface area contributed by atoms with Gasteiger partial charge in [-0.3, -0.25) is 0 Å². The summed E-state index contributed by atoms with van der Waals surface area (Å²) in [4.78, 5) is 11.8. The Morgan fingerprint density at radius 1 is 1.12 bits per heavy atom. The molecule has 0 aliphatic rings. The van der Waals surface area contributed by atoms with Gasteiger partial charge in [-0.25, -0.2) is 4.79 Å². The molecule has 0 saturated heterocycles. The van der Waals surface area contributed by atoms with Crippen molar-refractivity contribution in [2.24, 2.45) is 0 Å². The molecule has 0 fully saturated rings. The molecule has 7 heteroatoms. The lowest BCUT2D eigenvalue weighted by Crippen LogP contribution is -2.12. The first-order valence-corrected chi connectivity index (χ1v) is 8.34. The molecule has 0 heterocycles. The maximum absolute atomic E-state index is 11.8. The van der Waals surface area contributed by atoms with Crippen LogP contribution in [-0.4, -0.2) is 26.2 Å². The van der Waals surface area contributed by atoms with Crippen LogP contribution in [0.3, 0.4) is 0 Å². The van der Waals surface area contributed by atoms with Gasteiger partial charge in [0.1, 0.15) is 5.75 Å². The topological polar surface area (TPSA) is 47.6 Å². The summed E-state index contributed by atoms with van der Waals surface area (Å²) in [6, 6.07) is 10.1. The smallest absolute Gasteiger partial charge is 0.340 e. The Morgan fingerprint density at radius 3 is 2.50 bits per heavy atom. The Bertz CT molecular complexity index is 702. The van der Waals surface area contributed by atoms with E-state index in [9.17, 15) is 4.79 Å². The molecule has 0 radical (unpaired) electrons. The van der Waals surface area contributed by atoms with E-state index < -0.39 is 5.97 Å². The molecule has 0 spiro atoms. The van der Waals surface area contributed by atoms with E-state index >= 15 is 0 Å². The minimum absolute atomic E-state index is 0.396. The molecule has 0 bridgehead atoms. The third-order valence-electron chi connectivity index (χ3n) is 3.15. The van der Waals surface area contributed by atoms with Crippen LogP contribution in [0.2, 0.25) is 15.1 Å². The Hall–Kier alpha value is -1.62. The van der Waals surface area contributed by atoms with Gasteiger partial charge in [-0.1, -0.05) is 40.9 Å². The highest BCUT2D eigenvalue weighted by Gasteiger charge is 2.14. The van der Waals surface area contributed by atoms with E-state index in [-0.39, 0.29) is 0 Å². The summed E-state index contributed by atoms with van der Waals surface area (Å²) < 4.78 is 10.4. The zero-order valence-electron chi connectivity index (χ0n) is 12.9. The maximum Gasteiger partial charge on any atom is 0.340 e. The number of carbonyl (C=O) groups is 1. The van der Waals surface area contributed by atoms with Crippen molar-refractivity contribution in [3.8, 4) is 5.75 Å². The van der Waals surface area contributed by atoms with Gasteiger partial charge in [-0.05, 0) is 36.8 Å². The molecule has 0 saturated carbocycles. The molecule has 128 valence electrons. The van der Waals surface area contributed by atoms with Crippen molar-refractivity contribution in [3.63, 3.8) is 0 Å². The normalized spacial score (nSPS) is 10.3. The molecule has 0 aromatic heterocycles. The minimum Gasteiger partial charge on any atom is -0.493 e. The van der Waals surface area contributed by atoms with Crippen molar-refractivity contribution in [1.82, 2.24) is 0 Å². The lowest BCUT2D eigenvalue weighted by atomic mass is 10.1. The van der Waals surface area contributed by atoms with Crippen molar-refractivity contribution in [2.75, 3.05) is 25.6 Å². The van der Waals surface area contributed by atoms with Crippen molar-refractivity contribution in [2.45, 2.75) is 6.42 Å². The summed E-state index contributed by atoms with van der Waals surface area (Å²) in [5.41, 5.74) is 0.948. The van der Waals surface area contributed by atoms with Crippen LogP contribution in [-0.2, 0) is 4.74 Å². The number of rotatable bonds is 7. The van der Waals surface area contributed by atoms with Gasteiger partial charge in [-0.2, -0.15) is 0 Å². The van der Waals surface area contributed by atoms with E-state index in [2.05, 4.69) is 5.32 Å². The number of ether oxygens (including phenoxy) is 2. The third-order valence-corrected chi connectivity index (χ3v) is 3.90. The van der Waals surface area contributed by atoms with Crippen LogP contribution in [0.15, 0.2) is 36.4 Å². The molecule has 0 aliphatic heterocycles. The first kappa shape index (κ1) is 18.7. The van der Waals surface area contributed by atoms with Crippen LogP contribution < -0.4 is 10.1 Å². The number of methoxy groups -OCH3 is 1. The quantitative estimate of drug-likeness (QED) is 0.515. The Labute approximate surface area is 155 Å². The second-order valence-electron chi connectivity index (χ2n) is 4.89. The molecular formula is C17H16Cl3NO3.